The van der Waals surface area contributed by atoms with E-state index >= 15 is 0 Å². The highest BCUT2D eigenvalue weighted by Gasteiger charge is 2.46. The second-order valence-electron chi connectivity index (χ2n) is 7.78. The Kier molecular flexibility index (Phi) is 5.71. The van der Waals surface area contributed by atoms with E-state index in [-0.39, 0.29) is 17.8 Å². The number of fused-ring (bicyclic) bond motifs is 1. The topological polar surface area (TPSA) is 49.9 Å². The Bertz CT molecular complexity index is 884. The van der Waals surface area contributed by atoms with Gasteiger partial charge in [-0.15, -0.1) is 0 Å². The molecular weight excluding hydrogens is 372 g/mol. The third-order valence-corrected chi connectivity index (χ3v) is 7.40. The first-order chi connectivity index (χ1) is 13.5. The Morgan fingerprint density at radius 3 is 2.18 bits per heavy atom. The van der Waals surface area contributed by atoms with Crippen LogP contribution in [0, 0.1) is 0 Å². The van der Waals surface area contributed by atoms with Gasteiger partial charge in [0.15, 0.2) is 9.84 Å². The van der Waals surface area contributed by atoms with Crippen molar-refractivity contribution >= 4 is 9.84 Å². The van der Waals surface area contributed by atoms with E-state index in [4.69, 9.17) is 4.74 Å². The lowest BCUT2D eigenvalue weighted by Crippen LogP contribution is -2.58. The number of ether oxygens (including phenoxy) is 1. The van der Waals surface area contributed by atoms with Gasteiger partial charge in [0.2, 0.25) is 0 Å². The molecular formula is C22H28N2O3S. The minimum atomic E-state index is -2.95. The standard InChI is InChI=1S/C22H28N2O3S/c1-2-12-23-13-14-24(22-17-28(25,26)16-21(22)23)15-18-8-10-20(11-9-18)27-19-6-4-3-5-7-19/h3-11,21-22H,2,12-17H2,1H3. The molecule has 0 saturated carbocycles. The average molecular weight is 401 g/mol. The van der Waals surface area contributed by atoms with Crippen molar-refractivity contribution in [3.05, 3.63) is 60.2 Å². The molecule has 0 amide bonds. The van der Waals surface area contributed by atoms with Crippen molar-refractivity contribution in [1.29, 1.82) is 0 Å². The van der Waals surface area contributed by atoms with Crippen molar-refractivity contribution in [2.24, 2.45) is 0 Å². The van der Waals surface area contributed by atoms with Crippen LogP contribution in [0.5, 0.6) is 11.5 Å². The Morgan fingerprint density at radius 2 is 1.50 bits per heavy atom. The molecule has 2 heterocycles. The maximum absolute atomic E-state index is 12.3. The highest BCUT2D eigenvalue weighted by Crippen LogP contribution is 2.29. The van der Waals surface area contributed by atoms with E-state index in [1.54, 1.807) is 0 Å². The highest BCUT2D eigenvalue weighted by molar-refractivity contribution is 7.91. The van der Waals surface area contributed by atoms with E-state index < -0.39 is 9.84 Å². The number of nitrogens with zero attached hydrogens (tertiary/aromatic N) is 2. The first-order valence-electron chi connectivity index (χ1n) is 10.0. The summed E-state index contributed by atoms with van der Waals surface area (Å²) in [6.07, 6.45) is 1.06. The number of rotatable bonds is 6. The van der Waals surface area contributed by atoms with Gasteiger partial charge in [-0.1, -0.05) is 37.3 Å². The van der Waals surface area contributed by atoms with Gasteiger partial charge in [0.25, 0.3) is 0 Å². The zero-order chi connectivity index (χ0) is 19.6. The fourth-order valence-electron chi connectivity index (χ4n) is 4.38. The molecule has 0 aliphatic carbocycles. The first kappa shape index (κ1) is 19.4. The first-order valence-corrected chi connectivity index (χ1v) is 11.9. The Labute approximate surface area is 167 Å². The maximum atomic E-state index is 12.3. The molecule has 2 aromatic rings. The van der Waals surface area contributed by atoms with Crippen LogP contribution >= 0.6 is 0 Å². The zero-order valence-corrected chi connectivity index (χ0v) is 17.1. The third kappa shape index (κ3) is 4.40. The molecule has 6 heteroatoms. The molecule has 4 rings (SSSR count). The molecule has 28 heavy (non-hydrogen) atoms. The van der Waals surface area contributed by atoms with Gasteiger partial charge < -0.3 is 4.74 Å². The van der Waals surface area contributed by atoms with Crippen LogP contribution in [0.25, 0.3) is 0 Å². The van der Waals surface area contributed by atoms with E-state index in [9.17, 15) is 8.42 Å². The lowest BCUT2D eigenvalue weighted by Gasteiger charge is -2.44. The molecule has 2 atom stereocenters. The summed E-state index contributed by atoms with van der Waals surface area (Å²) in [6, 6.07) is 18.1. The third-order valence-electron chi connectivity index (χ3n) is 5.70. The summed E-state index contributed by atoms with van der Waals surface area (Å²) in [6.45, 7) is 5.78. The number of para-hydroxylation sites is 1. The molecule has 0 spiro atoms. The highest BCUT2D eigenvalue weighted by atomic mass is 32.2. The molecule has 0 bridgehead atoms. The molecule has 0 aromatic heterocycles. The van der Waals surface area contributed by atoms with Gasteiger partial charge in [-0.05, 0) is 42.8 Å². The number of sulfone groups is 1. The molecule has 2 fully saturated rings. The van der Waals surface area contributed by atoms with Gasteiger partial charge in [0.05, 0.1) is 11.5 Å². The maximum Gasteiger partial charge on any atom is 0.153 e. The van der Waals surface area contributed by atoms with Crippen LogP contribution in [0.3, 0.4) is 0 Å². The van der Waals surface area contributed by atoms with Crippen LogP contribution in [0.15, 0.2) is 54.6 Å². The SMILES string of the molecule is CCCN1CCN(Cc2ccc(Oc3ccccc3)cc2)C2CS(=O)(=O)CC21. The number of piperazine rings is 1. The van der Waals surface area contributed by atoms with Gasteiger partial charge in [-0.2, -0.15) is 0 Å². The second-order valence-corrected chi connectivity index (χ2v) is 9.93. The van der Waals surface area contributed by atoms with Crippen LogP contribution in [-0.4, -0.2) is 61.4 Å². The Balaban J connectivity index is 1.43. The zero-order valence-electron chi connectivity index (χ0n) is 16.3. The normalized spacial score (nSPS) is 24.8. The number of hydrogen-bond donors (Lipinski definition) is 0. The minimum Gasteiger partial charge on any atom is -0.457 e. The summed E-state index contributed by atoms with van der Waals surface area (Å²) >= 11 is 0. The van der Waals surface area contributed by atoms with Gasteiger partial charge in [-0.3, -0.25) is 9.80 Å². The van der Waals surface area contributed by atoms with E-state index in [0.29, 0.717) is 5.75 Å². The van der Waals surface area contributed by atoms with Crippen LogP contribution in [-0.2, 0) is 16.4 Å². The van der Waals surface area contributed by atoms with Crippen molar-refractivity contribution in [3.63, 3.8) is 0 Å². The fraction of sp³-hybridized carbons (Fsp3) is 0.455. The summed E-state index contributed by atoms with van der Waals surface area (Å²) in [5.41, 5.74) is 1.19. The fourth-order valence-corrected chi connectivity index (χ4v) is 6.42. The summed E-state index contributed by atoms with van der Waals surface area (Å²) in [4.78, 5) is 4.73. The van der Waals surface area contributed by atoms with Crippen molar-refractivity contribution in [1.82, 2.24) is 9.80 Å². The summed E-state index contributed by atoms with van der Waals surface area (Å²) in [5, 5.41) is 0. The smallest absolute Gasteiger partial charge is 0.153 e. The quantitative estimate of drug-likeness (QED) is 0.745. The molecule has 0 N–H and O–H groups in total. The number of benzene rings is 2. The summed E-state index contributed by atoms with van der Waals surface area (Å²) in [5.74, 6) is 2.22. The molecule has 2 aromatic carbocycles. The number of hydrogen-bond acceptors (Lipinski definition) is 5. The second kappa shape index (κ2) is 8.23. The lowest BCUT2D eigenvalue weighted by atomic mass is 10.0. The van der Waals surface area contributed by atoms with Crippen molar-refractivity contribution in [3.8, 4) is 11.5 Å². The van der Waals surface area contributed by atoms with E-state index in [2.05, 4.69) is 28.9 Å². The van der Waals surface area contributed by atoms with Crippen molar-refractivity contribution in [2.75, 3.05) is 31.1 Å². The van der Waals surface area contributed by atoms with E-state index in [1.807, 2.05) is 42.5 Å². The van der Waals surface area contributed by atoms with Crippen LogP contribution in [0.2, 0.25) is 0 Å². The molecule has 0 radical (unpaired) electrons. The molecule has 2 aliphatic rings. The van der Waals surface area contributed by atoms with Crippen LogP contribution in [0.4, 0.5) is 0 Å². The largest absolute Gasteiger partial charge is 0.457 e. The lowest BCUT2D eigenvalue weighted by molar-refractivity contribution is 0.0405. The summed E-state index contributed by atoms with van der Waals surface area (Å²) in [7, 11) is -2.95. The minimum absolute atomic E-state index is 0.102. The monoisotopic (exact) mass is 400 g/mol. The molecule has 2 saturated heterocycles. The Morgan fingerprint density at radius 1 is 0.893 bits per heavy atom. The van der Waals surface area contributed by atoms with E-state index in [0.717, 1.165) is 44.1 Å². The van der Waals surface area contributed by atoms with Crippen molar-refractivity contribution in [2.45, 2.75) is 32.0 Å². The summed E-state index contributed by atoms with van der Waals surface area (Å²) < 4.78 is 30.4. The Hall–Kier alpha value is -1.89. The molecule has 5 nitrogen and oxygen atoms in total. The molecule has 2 unspecified atom stereocenters. The van der Waals surface area contributed by atoms with Gasteiger partial charge >= 0.3 is 0 Å². The molecule has 2 aliphatic heterocycles. The molecule has 150 valence electrons. The van der Waals surface area contributed by atoms with Crippen molar-refractivity contribution < 1.29 is 13.2 Å². The van der Waals surface area contributed by atoms with Gasteiger partial charge in [-0.25, -0.2) is 8.42 Å². The van der Waals surface area contributed by atoms with Crippen LogP contribution in [0.1, 0.15) is 18.9 Å². The average Bonchev–Trinajstić information content (AvgIpc) is 3.02. The van der Waals surface area contributed by atoms with Gasteiger partial charge in [0.1, 0.15) is 11.5 Å². The van der Waals surface area contributed by atoms with Crippen LogP contribution < -0.4 is 4.74 Å². The predicted molar refractivity (Wildman–Crippen MR) is 111 cm³/mol. The van der Waals surface area contributed by atoms with Gasteiger partial charge in [0, 0.05) is 31.7 Å². The van der Waals surface area contributed by atoms with E-state index in [1.165, 1.54) is 5.56 Å². The predicted octanol–water partition coefficient (Wildman–Crippen LogP) is 3.17.